The van der Waals surface area contributed by atoms with E-state index in [2.05, 4.69) is 5.32 Å². The van der Waals surface area contributed by atoms with E-state index in [1.165, 1.54) is 12.0 Å². The number of aliphatic hydroxyl groups excluding tert-OH is 1. The third-order valence-electron chi connectivity index (χ3n) is 10.6. The van der Waals surface area contributed by atoms with Gasteiger partial charge in [0.2, 0.25) is 11.8 Å². The van der Waals surface area contributed by atoms with E-state index in [9.17, 15) is 24.3 Å². The van der Waals surface area contributed by atoms with Crippen LogP contribution in [0.5, 0.6) is 0 Å². The van der Waals surface area contributed by atoms with Gasteiger partial charge in [-0.2, -0.15) is 0 Å². The number of nitrogens with zero attached hydrogens (tertiary/aromatic N) is 2. The topological polar surface area (TPSA) is 135 Å². The molecule has 2 N–H and O–H groups in total. The molecule has 266 valence electrons. The number of rotatable bonds is 7. The highest BCUT2D eigenvalue weighted by molar-refractivity contribution is 6.06. The highest BCUT2D eigenvalue weighted by Crippen LogP contribution is 2.54. The lowest BCUT2D eigenvalue weighted by molar-refractivity contribution is -0.162. The maximum Gasteiger partial charge on any atom is 0.313 e. The zero-order chi connectivity index (χ0) is 35.7. The summed E-state index contributed by atoms with van der Waals surface area (Å²) in [5, 5.41) is 15.5. The van der Waals surface area contributed by atoms with Gasteiger partial charge in [-0.3, -0.25) is 19.2 Å². The molecule has 0 saturated carbocycles. The molecule has 51 heavy (non-hydrogen) atoms. The molecular formula is C40H43N3O8. The number of aliphatic hydroxyl groups is 1. The quantitative estimate of drug-likeness (QED) is 0.282. The number of carbonyl (C=O) groups excluding carboxylic acids is 4. The molecule has 0 unspecified atom stereocenters. The Labute approximate surface area is 296 Å². The Kier molecular flexibility index (Phi) is 9.78. The monoisotopic (exact) mass is 693 g/mol. The lowest BCUT2D eigenvalue weighted by atomic mass is 9.77. The smallest absolute Gasteiger partial charge is 0.313 e. The Bertz CT molecular complexity index is 1860. The van der Waals surface area contributed by atoms with Crippen LogP contribution in [0.15, 0.2) is 97.1 Å². The lowest BCUT2D eigenvalue weighted by Crippen LogP contribution is -2.58. The molecule has 0 bridgehead atoms. The van der Waals surface area contributed by atoms with Gasteiger partial charge in [0.25, 0.3) is 5.91 Å². The number of likely N-dealkylation sites (tertiary alicyclic amines) is 1. The number of hydrogen-bond acceptors (Lipinski definition) is 8. The van der Waals surface area contributed by atoms with E-state index in [1.54, 1.807) is 23.1 Å². The Balaban J connectivity index is 1.33. The average molecular weight is 694 g/mol. The number of nitrogens with one attached hydrogen (secondary N) is 1. The second-order valence-corrected chi connectivity index (χ2v) is 13.6. The van der Waals surface area contributed by atoms with Crippen molar-refractivity contribution in [2.75, 3.05) is 31.8 Å². The van der Waals surface area contributed by atoms with Gasteiger partial charge in [-0.15, -0.1) is 0 Å². The molecule has 0 aliphatic carbocycles. The second kappa shape index (κ2) is 14.4. The maximum absolute atomic E-state index is 14.9. The summed E-state index contributed by atoms with van der Waals surface area (Å²) in [5.41, 5.74) is -0.238. The molecule has 4 aliphatic heterocycles. The maximum atomic E-state index is 14.9. The summed E-state index contributed by atoms with van der Waals surface area (Å²) in [4.78, 5) is 60.5. The van der Waals surface area contributed by atoms with Crippen LogP contribution in [0.4, 0.5) is 5.69 Å². The Morgan fingerprint density at radius 2 is 1.75 bits per heavy atom. The van der Waals surface area contributed by atoms with E-state index in [1.807, 2.05) is 85.8 Å². The largest absolute Gasteiger partial charge is 0.455 e. The molecule has 2 fully saturated rings. The summed E-state index contributed by atoms with van der Waals surface area (Å²) < 4.78 is 18.6. The van der Waals surface area contributed by atoms with E-state index in [0.717, 1.165) is 10.8 Å². The minimum Gasteiger partial charge on any atom is -0.455 e. The normalized spacial score (nSPS) is 30.7. The van der Waals surface area contributed by atoms with Crippen molar-refractivity contribution < 1.29 is 38.5 Å². The standard InChI is InChI=1S/C40H43N3O8/c1-3-28(23-44)43-36-38(47)42(29-19-18-25-12-7-8-15-27(25)22-29)21-11-20-40(36)34(37(43)46)33-31(51-40)16-9-10-17-32(45)41-30(24-49-2)35(50-39(33)48)26-13-5-4-6-14-26/h4-9,11-16,18-20,22,28,30-31,33-36,44H,3,10,17,21,23-24H2,1-2H3,(H,41,45)/b16-9-/t28-,30-,31-,33+,34+,35-,36-,40+/m0/s1. The van der Waals surface area contributed by atoms with E-state index >= 15 is 0 Å². The predicted octanol–water partition coefficient (Wildman–Crippen LogP) is 3.86. The van der Waals surface area contributed by atoms with Gasteiger partial charge < -0.3 is 34.4 Å². The fourth-order valence-corrected chi connectivity index (χ4v) is 8.21. The minimum atomic E-state index is -1.54. The number of carbonyl (C=O) groups is 4. The van der Waals surface area contributed by atoms with Crippen LogP contribution in [0.2, 0.25) is 0 Å². The fourth-order valence-electron chi connectivity index (χ4n) is 8.21. The molecule has 4 heterocycles. The summed E-state index contributed by atoms with van der Waals surface area (Å²) in [6, 6.07) is 20.2. The molecule has 11 heteroatoms. The van der Waals surface area contributed by atoms with Gasteiger partial charge in [-0.1, -0.05) is 91.9 Å². The molecule has 7 rings (SSSR count). The van der Waals surface area contributed by atoms with Crippen molar-refractivity contribution in [1.82, 2.24) is 10.2 Å². The van der Waals surface area contributed by atoms with Crippen molar-refractivity contribution in [2.45, 2.75) is 62.1 Å². The van der Waals surface area contributed by atoms with Crippen LogP contribution in [-0.4, -0.2) is 90.4 Å². The first-order valence-electron chi connectivity index (χ1n) is 17.6. The summed E-state index contributed by atoms with van der Waals surface area (Å²) in [5.74, 6) is -4.01. The number of cyclic esters (lactones) is 1. The van der Waals surface area contributed by atoms with E-state index in [4.69, 9.17) is 14.2 Å². The van der Waals surface area contributed by atoms with Crippen LogP contribution < -0.4 is 10.2 Å². The number of anilines is 1. The Morgan fingerprint density at radius 1 is 0.980 bits per heavy atom. The van der Waals surface area contributed by atoms with Gasteiger partial charge in [-0.05, 0) is 41.3 Å². The summed E-state index contributed by atoms with van der Waals surface area (Å²) in [6.45, 7) is 1.75. The molecule has 3 aromatic rings. The van der Waals surface area contributed by atoms with Crippen LogP contribution in [0.25, 0.3) is 10.8 Å². The van der Waals surface area contributed by atoms with E-state index in [-0.39, 0.29) is 38.0 Å². The molecule has 4 aliphatic rings. The van der Waals surface area contributed by atoms with Gasteiger partial charge >= 0.3 is 5.97 Å². The zero-order valence-corrected chi connectivity index (χ0v) is 28.7. The second-order valence-electron chi connectivity index (χ2n) is 13.6. The number of hydrogen-bond donors (Lipinski definition) is 2. The Morgan fingerprint density at radius 3 is 2.49 bits per heavy atom. The molecule has 3 aromatic carbocycles. The molecule has 3 amide bonds. The predicted molar refractivity (Wildman–Crippen MR) is 189 cm³/mol. The van der Waals surface area contributed by atoms with Crippen molar-refractivity contribution >= 4 is 40.2 Å². The van der Waals surface area contributed by atoms with Crippen LogP contribution in [0, 0.1) is 11.8 Å². The first-order chi connectivity index (χ1) is 24.8. The number of fused-ring (bicyclic) bond motifs is 3. The van der Waals surface area contributed by atoms with Crippen molar-refractivity contribution in [1.29, 1.82) is 0 Å². The van der Waals surface area contributed by atoms with Crippen LogP contribution in [0.1, 0.15) is 37.9 Å². The van der Waals surface area contributed by atoms with Crippen LogP contribution in [-0.2, 0) is 33.4 Å². The van der Waals surface area contributed by atoms with E-state index < -0.39 is 59.6 Å². The number of methoxy groups -OCH3 is 1. The van der Waals surface area contributed by atoms with Gasteiger partial charge in [0, 0.05) is 25.8 Å². The highest BCUT2D eigenvalue weighted by atomic mass is 16.6. The minimum absolute atomic E-state index is 0.0672. The first-order valence-corrected chi connectivity index (χ1v) is 17.6. The van der Waals surface area contributed by atoms with Gasteiger partial charge in [-0.25, -0.2) is 0 Å². The molecule has 0 radical (unpaired) electrons. The van der Waals surface area contributed by atoms with E-state index in [0.29, 0.717) is 24.1 Å². The van der Waals surface area contributed by atoms with Crippen molar-refractivity contribution in [3.05, 3.63) is 103 Å². The molecular weight excluding hydrogens is 650 g/mol. The highest BCUT2D eigenvalue weighted by Gasteiger charge is 2.72. The average Bonchev–Trinajstić information content (AvgIpc) is 3.53. The Hall–Kier alpha value is -4.84. The number of ether oxygens (including phenoxy) is 3. The van der Waals surface area contributed by atoms with Gasteiger partial charge in [0.15, 0.2) is 0 Å². The molecule has 2 saturated heterocycles. The molecule has 11 nitrogen and oxygen atoms in total. The summed E-state index contributed by atoms with van der Waals surface area (Å²) >= 11 is 0. The number of benzene rings is 3. The van der Waals surface area contributed by atoms with Crippen molar-refractivity contribution in [2.24, 2.45) is 11.8 Å². The molecule has 1 spiro atoms. The summed E-state index contributed by atoms with van der Waals surface area (Å²) in [6.07, 6.45) is 6.09. The third kappa shape index (κ3) is 6.13. The fraction of sp³-hybridized carbons (Fsp3) is 0.400. The van der Waals surface area contributed by atoms with Gasteiger partial charge in [0.05, 0.1) is 37.3 Å². The molecule has 8 atom stereocenters. The third-order valence-corrected chi connectivity index (χ3v) is 10.6. The first kappa shape index (κ1) is 34.6. The number of amides is 3. The van der Waals surface area contributed by atoms with Crippen molar-refractivity contribution in [3.8, 4) is 0 Å². The molecule has 0 aromatic heterocycles. The lowest BCUT2D eigenvalue weighted by Gasteiger charge is -2.38. The summed E-state index contributed by atoms with van der Waals surface area (Å²) in [7, 11) is 1.51. The van der Waals surface area contributed by atoms with Crippen molar-refractivity contribution in [3.63, 3.8) is 0 Å². The number of allylic oxidation sites excluding steroid dienone is 1. The zero-order valence-electron chi connectivity index (χ0n) is 28.7. The van der Waals surface area contributed by atoms with Crippen LogP contribution in [0.3, 0.4) is 0 Å². The van der Waals surface area contributed by atoms with Gasteiger partial charge in [0.1, 0.15) is 23.7 Å². The van der Waals surface area contributed by atoms with Crippen LogP contribution >= 0.6 is 0 Å². The number of esters is 1. The SMILES string of the molecule is CC[C@@H](CO)N1C(=O)[C@H]2[C@@H]3C(=O)O[C@@H](c4ccccc4)[C@H](COC)NC(=O)CC/C=C\[C@@H]3O[C@]23C=CCN(c2ccc4ccccc4c2)C(=O)[C@H]13.